The van der Waals surface area contributed by atoms with Gasteiger partial charge in [0.1, 0.15) is 0 Å². The highest BCUT2D eigenvalue weighted by molar-refractivity contribution is 7.89. The van der Waals surface area contributed by atoms with E-state index in [1.807, 2.05) is 0 Å². The maximum Gasteiger partial charge on any atom is 0.260 e. The van der Waals surface area contributed by atoms with E-state index in [0.717, 1.165) is 0 Å². The number of terminal acetylenes is 1. The monoisotopic (exact) mass is 242 g/mol. The van der Waals surface area contributed by atoms with Gasteiger partial charge in [-0.05, 0) is 6.92 Å². The molecule has 0 amide bonds. The molecule has 1 rings (SSSR count). The van der Waals surface area contributed by atoms with Crippen LogP contribution in [0.3, 0.4) is 0 Å². The summed E-state index contributed by atoms with van der Waals surface area (Å²) in [4.78, 5) is 3.72. The molecule has 88 valence electrons. The predicted molar refractivity (Wildman–Crippen MR) is 60.9 cm³/mol. The van der Waals surface area contributed by atoms with E-state index in [0.29, 0.717) is 6.42 Å². The Bertz CT molecular complexity index is 493. The Morgan fingerprint density at radius 3 is 2.81 bits per heavy atom. The number of hydrogen-bond acceptors (Lipinski definition) is 4. The molecule has 0 fully saturated rings. The molecule has 3 N–H and O–H groups in total. The number of nitrogens with one attached hydrogen (secondary N) is 1. The third kappa shape index (κ3) is 2.53. The van der Waals surface area contributed by atoms with Gasteiger partial charge in [0.25, 0.3) is 10.0 Å². The molecule has 0 spiro atoms. The molecule has 1 aromatic heterocycles. The number of aromatic nitrogens is 2. The van der Waals surface area contributed by atoms with Crippen LogP contribution in [0.5, 0.6) is 0 Å². The van der Waals surface area contributed by atoms with Gasteiger partial charge < -0.3 is 10.3 Å². The first-order valence-corrected chi connectivity index (χ1v) is 6.09. The molecule has 7 heteroatoms. The van der Waals surface area contributed by atoms with E-state index in [9.17, 15) is 8.42 Å². The van der Waals surface area contributed by atoms with Gasteiger partial charge in [-0.15, -0.1) is 12.3 Å². The second-order valence-corrected chi connectivity index (χ2v) is 5.11. The number of nitrogen functional groups attached to an aromatic ring is 1. The van der Waals surface area contributed by atoms with Crippen molar-refractivity contribution in [3.63, 3.8) is 0 Å². The predicted octanol–water partition coefficient (Wildman–Crippen LogP) is -0.308. The van der Waals surface area contributed by atoms with E-state index in [2.05, 4.69) is 15.6 Å². The number of hydrogen-bond donors (Lipinski definition) is 2. The van der Waals surface area contributed by atoms with Gasteiger partial charge in [0.2, 0.25) is 0 Å². The van der Waals surface area contributed by atoms with Crippen molar-refractivity contribution in [3.8, 4) is 12.3 Å². The Hall–Kier alpha value is -1.52. The van der Waals surface area contributed by atoms with Crippen LogP contribution in [-0.4, -0.2) is 24.0 Å². The minimum atomic E-state index is -3.67. The Morgan fingerprint density at radius 2 is 2.38 bits per heavy atom. The first-order valence-electron chi connectivity index (χ1n) is 4.61. The molecule has 0 aliphatic rings. The molecule has 16 heavy (non-hydrogen) atoms. The largest absolute Gasteiger partial charge is 0.381 e. The van der Waals surface area contributed by atoms with Crippen LogP contribution in [0.2, 0.25) is 0 Å². The van der Waals surface area contributed by atoms with Crippen molar-refractivity contribution in [1.82, 2.24) is 14.3 Å². The smallest absolute Gasteiger partial charge is 0.260 e. The Labute approximate surface area is 94.9 Å². The van der Waals surface area contributed by atoms with E-state index in [1.165, 1.54) is 10.9 Å². The van der Waals surface area contributed by atoms with E-state index in [-0.39, 0.29) is 16.9 Å². The summed E-state index contributed by atoms with van der Waals surface area (Å²) in [5, 5.41) is -0.0450. The number of nitrogens with two attached hydrogens (primary N) is 1. The van der Waals surface area contributed by atoms with E-state index in [1.54, 1.807) is 14.0 Å². The van der Waals surface area contributed by atoms with Gasteiger partial charge in [-0.1, -0.05) is 0 Å². The number of imidazole rings is 1. The van der Waals surface area contributed by atoms with Crippen LogP contribution in [0.15, 0.2) is 11.4 Å². The topological polar surface area (TPSA) is 90.0 Å². The average Bonchev–Trinajstić information content (AvgIpc) is 2.45. The van der Waals surface area contributed by atoms with Crippen LogP contribution in [0.1, 0.15) is 13.3 Å². The Balaban J connectivity index is 3.00. The van der Waals surface area contributed by atoms with Gasteiger partial charge in [-0.25, -0.2) is 18.1 Å². The molecule has 0 saturated carbocycles. The molecule has 1 unspecified atom stereocenters. The van der Waals surface area contributed by atoms with Crippen LogP contribution >= 0.6 is 0 Å². The molecule has 1 heterocycles. The second kappa shape index (κ2) is 4.55. The highest BCUT2D eigenvalue weighted by Gasteiger charge is 2.23. The summed E-state index contributed by atoms with van der Waals surface area (Å²) in [5.74, 6) is 2.36. The number of sulfonamides is 1. The van der Waals surface area contributed by atoms with Crippen LogP contribution < -0.4 is 10.5 Å². The van der Waals surface area contributed by atoms with Crippen molar-refractivity contribution < 1.29 is 8.42 Å². The fourth-order valence-corrected chi connectivity index (χ4v) is 2.78. The van der Waals surface area contributed by atoms with Crippen molar-refractivity contribution in [3.05, 3.63) is 6.33 Å². The third-order valence-electron chi connectivity index (χ3n) is 1.94. The van der Waals surface area contributed by atoms with Gasteiger partial charge in [0.05, 0.1) is 6.33 Å². The lowest BCUT2D eigenvalue weighted by molar-refractivity contribution is 0.555. The second-order valence-electron chi connectivity index (χ2n) is 3.48. The van der Waals surface area contributed by atoms with Crippen LogP contribution in [-0.2, 0) is 17.1 Å². The van der Waals surface area contributed by atoms with E-state index < -0.39 is 10.0 Å². The lowest BCUT2D eigenvalue weighted by Gasteiger charge is -2.12. The SMILES string of the molecule is C#CCC(C)NS(=O)(=O)c1c(N)ncn1C. The summed E-state index contributed by atoms with van der Waals surface area (Å²) >= 11 is 0. The zero-order valence-electron chi connectivity index (χ0n) is 9.14. The molecule has 0 radical (unpaired) electrons. The third-order valence-corrected chi connectivity index (χ3v) is 3.66. The normalized spacial score (nSPS) is 13.3. The zero-order valence-corrected chi connectivity index (χ0v) is 9.95. The summed E-state index contributed by atoms with van der Waals surface area (Å²) in [6, 6.07) is -0.343. The zero-order chi connectivity index (χ0) is 12.3. The van der Waals surface area contributed by atoms with Gasteiger partial charge in [-0.3, -0.25) is 0 Å². The van der Waals surface area contributed by atoms with Gasteiger partial charge in [0.15, 0.2) is 10.8 Å². The van der Waals surface area contributed by atoms with E-state index >= 15 is 0 Å². The fraction of sp³-hybridized carbons (Fsp3) is 0.444. The lowest BCUT2D eigenvalue weighted by atomic mass is 10.3. The Morgan fingerprint density at radius 1 is 1.75 bits per heavy atom. The van der Waals surface area contributed by atoms with Crippen molar-refractivity contribution in [2.45, 2.75) is 24.4 Å². The van der Waals surface area contributed by atoms with Gasteiger partial charge >= 0.3 is 0 Å². The molecule has 0 aliphatic carbocycles. The molecule has 0 saturated heterocycles. The van der Waals surface area contributed by atoms with Gasteiger partial charge in [-0.2, -0.15) is 0 Å². The average molecular weight is 242 g/mol. The van der Waals surface area contributed by atoms with Crippen molar-refractivity contribution >= 4 is 15.8 Å². The molecular weight excluding hydrogens is 228 g/mol. The van der Waals surface area contributed by atoms with Crippen molar-refractivity contribution in [2.75, 3.05) is 5.73 Å². The van der Waals surface area contributed by atoms with Crippen LogP contribution in [0.25, 0.3) is 0 Å². The summed E-state index contributed by atoms with van der Waals surface area (Å²) in [5.41, 5.74) is 5.49. The van der Waals surface area contributed by atoms with Crippen LogP contribution in [0.4, 0.5) is 5.82 Å². The number of aryl methyl sites for hydroxylation is 1. The summed E-state index contributed by atoms with van der Waals surface area (Å²) < 4.78 is 27.6. The summed E-state index contributed by atoms with van der Waals surface area (Å²) in [6.07, 6.45) is 6.76. The molecule has 6 nitrogen and oxygen atoms in total. The number of nitrogens with zero attached hydrogens (tertiary/aromatic N) is 2. The minimum absolute atomic E-state index is 0.0251. The highest BCUT2D eigenvalue weighted by Crippen LogP contribution is 2.15. The molecule has 0 bridgehead atoms. The van der Waals surface area contributed by atoms with E-state index in [4.69, 9.17) is 12.2 Å². The molecule has 0 aliphatic heterocycles. The Kier molecular flexibility index (Phi) is 3.57. The first-order chi connectivity index (χ1) is 7.38. The maximum atomic E-state index is 11.9. The molecular formula is C9H14N4O2S. The minimum Gasteiger partial charge on any atom is -0.381 e. The highest BCUT2D eigenvalue weighted by atomic mass is 32.2. The number of anilines is 1. The van der Waals surface area contributed by atoms with Crippen LogP contribution in [0, 0.1) is 12.3 Å². The molecule has 1 atom stereocenters. The van der Waals surface area contributed by atoms with Gasteiger partial charge in [0, 0.05) is 19.5 Å². The summed E-state index contributed by atoms with van der Waals surface area (Å²) in [7, 11) is -2.11. The maximum absolute atomic E-state index is 11.9. The quantitative estimate of drug-likeness (QED) is 0.709. The first kappa shape index (κ1) is 12.5. The fourth-order valence-electron chi connectivity index (χ4n) is 1.30. The molecule has 0 aromatic carbocycles. The lowest BCUT2D eigenvalue weighted by Crippen LogP contribution is -2.33. The standard InChI is InChI=1S/C9H14N4O2S/c1-4-5-7(2)12-16(14,15)9-8(10)11-6-13(9)3/h1,6-7,12H,5,10H2,2-3H3. The van der Waals surface area contributed by atoms with Crippen molar-refractivity contribution in [1.29, 1.82) is 0 Å². The molecule has 1 aromatic rings. The van der Waals surface area contributed by atoms with Crippen molar-refractivity contribution in [2.24, 2.45) is 7.05 Å². The number of rotatable bonds is 4. The summed E-state index contributed by atoms with van der Waals surface area (Å²) in [6.45, 7) is 1.68.